The molecule has 2 aliphatic heterocycles. The van der Waals surface area contributed by atoms with Crippen molar-refractivity contribution in [3.63, 3.8) is 0 Å². The topological polar surface area (TPSA) is 80.2 Å². The number of carbonyl (C=O) groups excluding carboxylic acids is 2. The minimum absolute atomic E-state index is 0.111. The first-order valence-electron chi connectivity index (χ1n) is 11.1. The molecular weight excluding hydrogens is 462 g/mol. The minimum Gasteiger partial charge on any atom is -0.454 e. The maximum Gasteiger partial charge on any atom is 0.283 e. The maximum atomic E-state index is 13.4. The van der Waals surface area contributed by atoms with Crippen LogP contribution in [0.5, 0.6) is 11.5 Å². The van der Waals surface area contributed by atoms with Gasteiger partial charge in [-0.2, -0.15) is 0 Å². The molecule has 0 atom stereocenters. The van der Waals surface area contributed by atoms with Gasteiger partial charge in [-0.1, -0.05) is 53.2 Å². The summed E-state index contributed by atoms with van der Waals surface area (Å²) in [5, 5.41) is 3.33. The van der Waals surface area contributed by atoms with Crippen LogP contribution in [0.3, 0.4) is 0 Å². The average Bonchev–Trinajstić information content (AvgIpc) is 3.44. The van der Waals surface area contributed by atoms with Crippen LogP contribution in [-0.2, 0) is 9.59 Å². The molecule has 0 saturated carbocycles. The second-order valence-electron chi connectivity index (χ2n) is 8.22. The van der Waals surface area contributed by atoms with Gasteiger partial charge in [0.1, 0.15) is 5.70 Å². The molecule has 35 heavy (non-hydrogen) atoms. The van der Waals surface area contributed by atoms with Gasteiger partial charge in [-0.15, -0.1) is 0 Å². The Hall–Kier alpha value is -4.04. The lowest BCUT2D eigenvalue weighted by molar-refractivity contribution is -0.114. The van der Waals surface area contributed by atoms with E-state index in [4.69, 9.17) is 9.47 Å². The van der Waals surface area contributed by atoms with Crippen LogP contribution < -0.4 is 19.7 Å². The quantitative estimate of drug-likeness (QED) is 0.506. The second kappa shape index (κ2) is 9.68. The molecule has 0 fully saturated rings. The predicted octanol–water partition coefficient (Wildman–Crippen LogP) is 5.15. The maximum absolute atomic E-state index is 13.4. The fraction of sp³-hybridized carbons (Fsp3) is 0.148. The lowest BCUT2D eigenvalue weighted by atomic mass is 10.1. The van der Waals surface area contributed by atoms with Gasteiger partial charge < -0.3 is 14.8 Å². The highest BCUT2D eigenvalue weighted by Crippen LogP contribution is 2.34. The highest BCUT2D eigenvalue weighted by molar-refractivity contribution is 8.14. The zero-order valence-electron chi connectivity index (χ0n) is 19.3. The van der Waals surface area contributed by atoms with Crippen LogP contribution >= 0.6 is 11.8 Å². The van der Waals surface area contributed by atoms with Crippen LogP contribution in [0.2, 0.25) is 0 Å². The van der Waals surface area contributed by atoms with Gasteiger partial charge in [0.25, 0.3) is 5.91 Å². The molecule has 0 bridgehead atoms. The van der Waals surface area contributed by atoms with Crippen molar-refractivity contribution >= 4 is 46.2 Å². The number of hydrogen-bond acceptors (Lipinski definition) is 6. The third-order valence-corrected chi connectivity index (χ3v) is 6.43. The summed E-state index contributed by atoms with van der Waals surface area (Å²) in [5.41, 5.74) is 4.68. The summed E-state index contributed by atoms with van der Waals surface area (Å²) in [6, 6.07) is 20.7. The Kier molecular flexibility index (Phi) is 6.29. The summed E-state index contributed by atoms with van der Waals surface area (Å²) < 4.78 is 10.8. The Bertz CT molecular complexity index is 1350. The first-order chi connectivity index (χ1) is 17.0. The van der Waals surface area contributed by atoms with Crippen LogP contribution in [0.15, 0.2) is 77.4 Å². The second-order valence-corrected chi connectivity index (χ2v) is 9.16. The van der Waals surface area contributed by atoms with Crippen molar-refractivity contribution < 1.29 is 19.1 Å². The Labute approximate surface area is 207 Å². The van der Waals surface area contributed by atoms with Crippen molar-refractivity contribution in [2.45, 2.75) is 13.8 Å². The molecular formula is C27H23N3O4S. The number of anilines is 2. The first-order valence-corrected chi connectivity index (χ1v) is 12.1. The molecule has 0 saturated heterocycles. The molecule has 0 aromatic heterocycles. The molecule has 3 aromatic rings. The first kappa shape index (κ1) is 22.7. The molecule has 2 heterocycles. The van der Waals surface area contributed by atoms with Gasteiger partial charge in [-0.05, 0) is 61.9 Å². The molecule has 176 valence electrons. The van der Waals surface area contributed by atoms with Crippen LogP contribution in [0.25, 0.3) is 6.08 Å². The number of fused-ring (bicyclic) bond motifs is 1. The summed E-state index contributed by atoms with van der Waals surface area (Å²) in [5.74, 6) is 0.982. The van der Waals surface area contributed by atoms with Gasteiger partial charge in [0.15, 0.2) is 16.7 Å². The number of nitrogens with zero attached hydrogens (tertiary/aromatic N) is 2. The van der Waals surface area contributed by atoms with Crippen molar-refractivity contribution in [1.29, 1.82) is 0 Å². The molecule has 0 radical (unpaired) electrons. The van der Waals surface area contributed by atoms with Gasteiger partial charge in [0.2, 0.25) is 12.7 Å². The van der Waals surface area contributed by atoms with E-state index in [0.29, 0.717) is 22.4 Å². The fourth-order valence-electron chi connectivity index (χ4n) is 3.64. The van der Waals surface area contributed by atoms with Crippen molar-refractivity contribution in [2.75, 3.05) is 22.8 Å². The number of thioether (sulfide) groups is 1. The zero-order valence-corrected chi connectivity index (χ0v) is 20.1. The monoisotopic (exact) mass is 485 g/mol. The molecule has 2 aliphatic rings. The Morgan fingerprint density at radius 1 is 1.00 bits per heavy atom. The van der Waals surface area contributed by atoms with Crippen molar-refractivity contribution in [3.05, 3.63) is 89.1 Å². The molecule has 5 rings (SSSR count). The largest absolute Gasteiger partial charge is 0.454 e. The smallest absolute Gasteiger partial charge is 0.283 e. The van der Waals surface area contributed by atoms with E-state index in [0.717, 1.165) is 22.4 Å². The number of carbonyl (C=O) groups is 2. The number of aryl methyl sites for hydroxylation is 2. The molecule has 8 heteroatoms. The molecule has 7 nitrogen and oxygen atoms in total. The highest BCUT2D eigenvalue weighted by Gasteiger charge is 2.32. The van der Waals surface area contributed by atoms with Gasteiger partial charge in [-0.3, -0.25) is 14.5 Å². The summed E-state index contributed by atoms with van der Waals surface area (Å²) >= 11 is 1.22. The van der Waals surface area contributed by atoms with Gasteiger partial charge in [-0.25, -0.2) is 4.99 Å². The van der Waals surface area contributed by atoms with E-state index >= 15 is 0 Å². The summed E-state index contributed by atoms with van der Waals surface area (Å²) in [7, 11) is 0. The molecule has 2 amide bonds. The van der Waals surface area contributed by atoms with Crippen LogP contribution in [-0.4, -0.2) is 29.5 Å². The number of amides is 2. The Balaban J connectivity index is 1.38. The van der Waals surface area contributed by atoms with Crippen LogP contribution in [0.1, 0.15) is 16.7 Å². The van der Waals surface area contributed by atoms with E-state index in [9.17, 15) is 9.59 Å². The normalized spacial score (nSPS) is 15.5. The van der Waals surface area contributed by atoms with E-state index in [1.165, 1.54) is 11.8 Å². The van der Waals surface area contributed by atoms with E-state index in [-0.39, 0.29) is 30.1 Å². The molecule has 3 aromatic carbocycles. The van der Waals surface area contributed by atoms with Crippen molar-refractivity contribution in [1.82, 2.24) is 0 Å². The predicted molar refractivity (Wildman–Crippen MR) is 139 cm³/mol. The Morgan fingerprint density at radius 2 is 1.69 bits per heavy atom. The molecule has 0 aliphatic carbocycles. The number of ether oxygens (including phenoxy) is 2. The van der Waals surface area contributed by atoms with Crippen LogP contribution in [0, 0.1) is 13.8 Å². The van der Waals surface area contributed by atoms with E-state index in [1.807, 2.05) is 74.5 Å². The summed E-state index contributed by atoms with van der Waals surface area (Å²) in [6.07, 6.45) is 1.71. The molecule has 0 unspecified atom stereocenters. The standard InChI is InChI=1S/C27H23N3O4S/c1-17-3-8-20(9-4-17)28-25(31)15-35-27-29-22(13-19-7-12-23-24(14-19)34-16-33-23)26(32)30(27)21-10-5-18(2)6-11-21/h3-14H,15-16H2,1-2H3,(H,28,31)/b22-13+. The molecule has 0 spiro atoms. The number of nitrogens with one attached hydrogen (secondary N) is 1. The van der Waals surface area contributed by atoms with Gasteiger partial charge in [0, 0.05) is 5.69 Å². The third-order valence-electron chi connectivity index (χ3n) is 5.49. The van der Waals surface area contributed by atoms with Crippen LogP contribution in [0.4, 0.5) is 11.4 Å². The number of rotatable bonds is 5. The lowest BCUT2D eigenvalue weighted by Crippen LogP contribution is -2.31. The van der Waals surface area contributed by atoms with Crippen molar-refractivity contribution in [2.24, 2.45) is 4.99 Å². The fourth-order valence-corrected chi connectivity index (χ4v) is 4.45. The van der Waals surface area contributed by atoms with Gasteiger partial charge in [0.05, 0.1) is 11.4 Å². The zero-order chi connectivity index (χ0) is 24.4. The third kappa shape index (κ3) is 5.07. The Morgan fingerprint density at radius 3 is 2.43 bits per heavy atom. The van der Waals surface area contributed by atoms with Crippen molar-refractivity contribution in [3.8, 4) is 11.5 Å². The number of amidine groups is 1. The summed E-state index contributed by atoms with van der Waals surface area (Å²) in [6.45, 7) is 4.16. The number of hydrogen-bond donors (Lipinski definition) is 1. The van der Waals surface area contributed by atoms with Gasteiger partial charge >= 0.3 is 0 Å². The number of benzene rings is 3. The highest BCUT2D eigenvalue weighted by atomic mass is 32.2. The SMILES string of the molecule is Cc1ccc(NC(=O)CSC2=N/C(=C/c3ccc4c(c3)OCO4)C(=O)N2c2ccc(C)cc2)cc1. The average molecular weight is 486 g/mol. The summed E-state index contributed by atoms with van der Waals surface area (Å²) in [4.78, 5) is 32.1. The van der Waals surface area contributed by atoms with E-state index < -0.39 is 0 Å². The molecule has 1 N–H and O–H groups in total. The lowest BCUT2D eigenvalue weighted by Gasteiger charge is -2.18. The van der Waals surface area contributed by atoms with E-state index in [1.54, 1.807) is 17.0 Å². The van der Waals surface area contributed by atoms with E-state index in [2.05, 4.69) is 10.3 Å². The minimum atomic E-state index is -0.257. The number of aliphatic imine (C=N–C) groups is 1.